The van der Waals surface area contributed by atoms with Gasteiger partial charge in [-0.15, -0.1) is 4.91 Å². The average Bonchev–Trinajstić information content (AvgIpc) is 2.66. The van der Waals surface area contributed by atoms with Gasteiger partial charge in [-0.2, -0.15) is 4.57 Å². The van der Waals surface area contributed by atoms with E-state index in [0.717, 1.165) is 24.8 Å². The van der Waals surface area contributed by atoms with Crippen LogP contribution in [0.15, 0.2) is 29.8 Å². The Labute approximate surface area is 149 Å². The van der Waals surface area contributed by atoms with Crippen molar-refractivity contribution in [3.63, 3.8) is 0 Å². The van der Waals surface area contributed by atoms with Crippen LogP contribution in [0.3, 0.4) is 0 Å². The maximum absolute atomic E-state index is 11.2. The van der Waals surface area contributed by atoms with Gasteiger partial charge in [-0.3, -0.25) is 5.01 Å². The molecule has 6 atom stereocenters. The van der Waals surface area contributed by atoms with E-state index < -0.39 is 36.6 Å². The summed E-state index contributed by atoms with van der Waals surface area (Å²) in [6.07, 6.45) is -2.05. The molecule has 2 aliphatic rings. The van der Waals surface area contributed by atoms with E-state index in [1.807, 2.05) is 0 Å². The number of carboxylic acid groups (broad SMARTS) is 1. The molecular weight excluding hydrogens is 346 g/mol. The zero-order valence-electron chi connectivity index (χ0n) is 14.0. The molecule has 26 heavy (non-hydrogen) atoms. The van der Waals surface area contributed by atoms with E-state index in [1.165, 1.54) is 9.58 Å². The summed E-state index contributed by atoms with van der Waals surface area (Å²) in [5, 5.41) is 43.7. The molecule has 1 aromatic heterocycles. The number of carboxylic acids is 1. The fourth-order valence-corrected chi connectivity index (χ4v) is 3.53. The number of hydrogen-bond acceptors (Lipinski definition) is 7. The molecule has 10 heteroatoms. The summed E-state index contributed by atoms with van der Waals surface area (Å²) in [6.45, 7) is 0.553. The van der Waals surface area contributed by atoms with Crippen LogP contribution in [0.4, 0.5) is 0 Å². The highest BCUT2D eigenvalue weighted by atomic mass is 16.6. The van der Waals surface area contributed by atoms with E-state index in [1.54, 1.807) is 24.5 Å². The van der Waals surface area contributed by atoms with Crippen molar-refractivity contribution in [1.29, 1.82) is 0 Å². The normalized spacial score (nSPS) is 35.1. The van der Waals surface area contributed by atoms with Crippen LogP contribution in [0.5, 0.6) is 0 Å². The van der Waals surface area contributed by atoms with Gasteiger partial charge >= 0.3 is 5.97 Å². The zero-order chi connectivity index (χ0) is 18.8. The second-order valence-electron chi connectivity index (χ2n) is 6.60. The maximum atomic E-state index is 11.2. The van der Waals surface area contributed by atoms with Gasteiger partial charge in [0.1, 0.15) is 12.2 Å². The Morgan fingerprint density at radius 2 is 2.00 bits per heavy atom. The van der Waals surface area contributed by atoms with Crippen LogP contribution in [-0.2, 0) is 9.53 Å². The standard InChI is InChI=1S/C16H21N3O7/c20-11-12(21)14(16(23)24)26-15(13(11)22)18-6-3-4-9(8-18)10-5-1-2-7-19(10)17-25/h3-4,6,8,10-15,20-22H,1-2,5,7H2/p+1/t10?,11-,12-,13+,14-,15+/m0/s1. The van der Waals surface area contributed by atoms with Gasteiger partial charge in [-0.25, -0.2) is 4.79 Å². The molecule has 0 amide bonds. The molecule has 2 aliphatic heterocycles. The monoisotopic (exact) mass is 368 g/mol. The predicted octanol–water partition coefficient (Wildman–Crippen LogP) is -0.753. The summed E-state index contributed by atoms with van der Waals surface area (Å²) in [5.41, 5.74) is 0.759. The van der Waals surface area contributed by atoms with Crippen LogP contribution in [0.1, 0.15) is 37.1 Å². The number of nitrogens with zero attached hydrogens (tertiary/aromatic N) is 3. The molecule has 0 radical (unpaired) electrons. The topological polar surface area (TPSA) is 144 Å². The number of hydrogen-bond donors (Lipinski definition) is 4. The van der Waals surface area contributed by atoms with Crippen molar-refractivity contribution in [2.24, 2.45) is 5.29 Å². The van der Waals surface area contributed by atoms with Crippen LogP contribution < -0.4 is 4.57 Å². The number of piperidine rings is 1. The molecule has 0 saturated carbocycles. The molecule has 10 nitrogen and oxygen atoms in total. The molecule has 0 spiro atoms. The Bertz CT molecular complexity index is 673. The number of aromatic nitrogens is 1. The van der Waals surface area contributed by atoms with Crippen molar-refractivity contribution in [3.05, 3.63) is 35.0 Å². The van der Waals surface area contributed by atoms with Gasteiger partial charge < -0.3 is 25.2 Å². The van der Waals surface area contributed by atoms with Gasteiger partial charge in [0.15, 0.2) is 24.6 Å². The van der Waals surface area contributed by atoms with Crippen LogP contribution in [0, 0.1) is 4.91 Å². The highest BCUT2D eigenvalue weighted by Gasteiger charge is 2.51. The second-order valence-corrected chi connectivity index (χ2v) is 6.60. The van der Waals surface area contributed by atoms with E-state index in [4.69, 9.17) is 9.84 Å². The van der Waals surface area contributed by atoms with Crippen molar-refractivity contribution in [3.8, 4) is 0 Å². The Morgan fingerprint density at radius 3 is 2.69 bits per heavy atom. The lowest BCUT2D eigenvalue weighted by molar-refractivity contribution is -0.777. The molecule has 2 fully saturated rings. The van der Waals surface area contributed by atoms with E-state index in [2.05, 4.69) is 5.29 Å². The van der Waals surface area contributed by atoms with Gasteiger partial charge in [0.25, 0.3) is 6.23 Å². The number of pyridine rings is 1. The fraction of sp³-hybridized carbons (Fsp3) is 0.625. The van der Waals surface area contributed by atoms with Gasteiger partial charge in [-0.1, -0.05) is 0 Å². The molecule has 1 unspecified atom stereocenters. The molecule has 4 N–H and O–H groups in total. The maximum Gasteiger partial charge on any atom is 0.335 e. The Morgan fingerprint density at radius 1 is 1.23 bits per heavy atom. The highest BCUT2D eigenvalue weighted by molar-refractivity contribution is 5.73. The number of rotatable bonds is 4. The molecule has 0 aliphatic carbocycles. The van der Waals surface area contributed by atoms with Crippen LogP contribution >= 0.6 is 0 Å². The van der Waals surface area contributed by atoms with Gasteiger partial charge in [-0.05, 0) is 25.3 Å². The van der Waals surface area contributed by atoms with Crippen LogP contribution in [0.25, 0.3) is 0 Å². The minimum Gasteiger partial charge on any atom is -0.479 e. The van der Waals surface area contributed by atoms with Crippen molar-refractivity contribution in [2.75, 3.05) is 6.54 Å². The molecular formula is C16H22N3O7+. The SMILES string of the molecule is O=NN1CCCCC1c1ccc[n+]([C@@H]2O[C@H](C(=O)O)[C@@H](O)[C@H](O)[C@H]2O)c1. The first-order valence-corrected chi connectivity index (χ1v) is 8.47. The lowest BCUT2D eigenvalue weighted by atomic mass is 9.96. The second kappa shape index (κ2) is 7.62. The fourth-order valence-electron chi connectivity index (χ4n) is 3.53. The van der Waals surface area contributed by atoms with Crippen LogP contribution in [0.2, 0.25) is 0 Å². The number of nitroso groups, excluding NO2 is 1. The lowest BCUT2D eigenvalue weighted by Crippen LogP contribution is -2.63. The van der Waals surface area contributed by atoms with Crippen molar-refractivity contribution in [2.45, 2.75) is 55.9 Å². The van der Waals surface area contributed by atoms with E-state index in [-0.39, 0.29) is 6.04 Å². The highest BCUT2D eigenvalue weighted by Crippen LogP contribution is 2.31. The third-order valence-corrected chi connectivity index (χ3v) is 4.93. The Hall–Kier alpha value is -2.14. The molecule has 3 rings (SSSR count). The molecule has 0 aromatic carbocycles. The molecule has 1 aromatic rings. The average molecular weight is 368 g/mol. The smallest absolute Gasteiger partial charge is 0.335 e. The van der Waals surface area contributed by atoms with E-state index >= 15 is 0 Å². The van der Waals surface area contributed by atoms with Crippen molar-refractivity contribution in [1.82, 2.24) is 5.01 Å². The largest absolute Gasteiger partial charge is 0.479 e. The van der Waals surface area contributed by atoms with E-state index in [0.29, 0.717) is 6.54 Å². The minimum absolute atomic E-state index is 0.222. The summed E-state index contributed by atoms with van der Waals surface area (Å²) < 4.78 is 6.76. The number of aliphatic carboxylic acids is 1. The third-order valence-electron chi connectivity index (χ3n) is 4.93. The summed E-state index contributed by atoms with van der Waals surface area (Å²) in [6, 6.07) is 3.26. The first-order valence-electron chi connectivity index (χ1n) is 8.47. The molecule has 2 saturated heterocycles. The summed E-state index contributed by atoms with van der Waals surface area (Å²) in [7, 11) is 0. The molecule has 0 bridgehead atoms. The van der Waals surface area contributed by atoms with E-state index in [9.17, 15) is 25.0 Å². The number of ether oxygens (including phenoxy) is 1. The van der Waals surface area contributed by atoms with Crippen LogP contribution in [-0.4, -0.2) is 62.4 Å². The lowest BCUT2D eigenvalue weighted by Gasteiger charge is -2.36. The summed E-state index contributed by atoms with van der Waals surface area (Å²) >= 11 is 0. The predicted molar refractivity (Wildman–Crippen MR) is 85.3 cm³/mol. The first-order chi connectivity index (χ1) is 12.4. The Balaban J connectivity index is 1.89. The number of aliphatic hydroxyl groups is 3. The summed E-state index contributed by atoms with van der Waals surface area (Å²) in [5.74, 6) is -1.44. The molecule has 3 heterocycles. The van der Waals surface area contributed by atoms with Crippen molar-refractivity contribution < 1.29 is 34.5 Å². The first kappa shape index (κ1) is 18.6. The van der Waals surface area contributed by atoms with Gasteiger partial charge in [0.2, 0.25) is 0 Å². The quantitative estimate of drug-likeness (QED) is 0.401. The Kier molecular flexibility index (Phi) is 5.47. The zero-order valence-corrected chi connectivity index (χ0v) is 14.0. The van der Waals surface area contributed by atoms with Gasteiger partial charge in [0, 0.05) is 18.2 Å². The van der Waals surface area contributed by atoms with Gasteiger partial charge in [0.05, 0.1) is 11.3 Å². The molecule has 142 valence electrons. The number of aliphatic hydroxyl groups excluding tert-OH is 3. The number of carbonyl (C=O) groups is 1. The minimum atomic E-state index is -1.74. The third kappa shape index (κ3) is 3.40. The van der Waals surface area contributed by atoms with Crippen molar-refractivity contribution >= 4 is 5.97 Å². The summed E-state index contributed by atoms with van der Waals surface area (Å²) in [4.78, 5) is 22.3.